The zero-order valence-electron chi connectivity index (χ0n) is 10.8. The number of carboxylic acids is 1. The normalized spacial score (nSPS) is 10.6. The lowest BCUT2D eigenvalue weighted by Crippen LogP contribution is -1.94. The van der Waals surface area contributed by atoms with E-state index in [1.165, 1.54) is 31.0 Å². The third kappa shape index (κ3) is 3.29. The predicted octanol–water partition coefficient (Wildman–Crippen LogP) is 3.59. The number of methoxy groups -OCH3 is 1. The van der Waals surface area contributed by atoms with Crippen LogP contribution in [0.25, 0.3) is 0 Å². The summed E-state index contributed by atoms with van der Waals surface area (Å²) in [5.74, 6) is -0.240. The van der Waals surface area contributed by atoms with E-state index < -0.39 is 5.97 Å². The Kier molecular flexibility index (Phi) is 4.61. The highest BCUT2D eigenvalue weighted by Gasteiger charge is 2.15. The van der Waals surface area contributed by atoms with Crippen LogP contribution in [0.1, 0.15) is 20.9 Å². The highest BCUT2D eigenvalue weighted by atomic mass is 32.2. The lowest BCUT2D eigenvalue weighted by Gasteiger charge is -2.07. The minimum atomic E-state index is -0.977. The number of aromatic carboxylic acids is 1. The minimum absolute atomic E-state index is 0.235. The molecule has 0 aliphatic carbocycles. The average Bonchev–Trinajstić information content (AvgIpc) is 2.78. The van der Waals surface area contributed by atoms with E-state index in [9.17, 15) is 9.18 Å². The van der Waals surface area contributed by atoms with E-state index in [0.29, 0.717) is 27.1 Å². The fourth-order valence-corrected chi connectivity index (χ4v) is 3.64. The molecule has 2 aromatic rings. The van der Waals surface area contributed by atoms with Crippen molar-refractivity contribution < 1.29 is 19.0 Å². The van der Waals surface area contributed by atoms with Crippen molar-refractivity contribution in [3.05, 3.63) is 40.2 Å². The molecule has 0 aliphatic heterocycles. The van der Waals surface area contributed by atoms with Crippen LogP contribution in [0.4, 0.5) is 4.39 Å². The fourth-order valence-electron chi connectivity index (χ4n) is 1.63. The standard InChI is InChI=1S/C13H12FNO3S2/c1-7-11(12(16)17)20-13(15-7)19-6-8-5-9(14)3-4-10(8)18-2/h3-5H,6H2,1-2H3,(H,16,17). The molecule has 1 aromatic carbocycles. The van der Waals surface area contributed by atoms with Crippen molar-refractivity contribution in [1.29, 1.82) is 0 Å². The minimum Gasteiger partial charge on any atom is -0.496 e. The zero-order valence-corrected chi connectivity index (χ0v) is 12.5. The van der Waals surface area contributed by atoms with Gasteiger partial charge in [0.15, 0.2) is 4.34 Å². The zero-order chi connectivity index (χ0) is 14.7. The monoisotopic (exact) mass is 313 g/mol. The first-order valence-electron chi connectivity index (χ1n) is 5.67. The number of benzene rings is 1. The van der Waals surface area contributed by atoms with Crippen molar-refractivity contribution in [1.82, 2.24) is 4.98 Å². The van der Waals surface area contributed by atoms with Crippen molar-refractivity contribution >= 4 is 29.1 Å². The number of thioether (sulfide) groups is 1. The quantitative estimate of drug-likeness (QED) is 0.855. The predicted molar refractivity (Wildman–Crippen MR) is 76.3 cm³/mol. The highest BCUT2D eigenvalue weighted by molar-refractivity contribution is 8.00. The smallest absolute Gasteiger partial charge is 0.347 e. The van der Waals surface area contributed by atoms with Crippen LogP contribution in [0.3, 0.4) is 0 Å². The van der Waals surface area contributed by atoms with Crippen molar-refractivity contribution in [2.24, 2.45) is 0 Å². The van der Waals surface area contributed by atoms with Gasteiger partial charge < -0.3 is 9.84 Å². The number of ether oxygens (including phenoxy) is 1. The maximum atomic E-state index is 13.2. The van der Waals surface area contributed by atoms with E-state index in [1.54, 1.807) is 13.0 Å². The van der Waals surface area contributed by atoms with Gasteiger partial charge in [0.2, 0.25) is 0 Å². The molecule has 0 aliphatic rings. The van der Waals surface area contributed by atoms with Gasteiger partial charge in [-0.15, -0.1) is 11.3 Å². The van der Waals surface area contributed by atoms with Crippen molar-refractivity contribution in [3.8, 4) is 5.75 Å². The number of hydrogen-bond acceptors (Lipinski definition) is 5. The molecule has 0 bridgehead atoms. The fraction of sp³-hybridized carbons (Fsp3) is 0.231. The van der Waals surface area contributed by atoms with E-state index in [4.69, 9.17) is 9.84 Å². The molecule has 0 radical (unpaired) electrons. The molecule has 0 saturated carbocycles. The van der Waals surface area contributed by atoms with Gasteiger partial charge in [-0.3, -0.25) is 0 Å². The van der Waals surface area contributed by atoms with Crippen LogP contribution in [-0.2, 0) is 5.75 Å². The van der Waals surface area contributed by atoms with Crippen LogP contribution in [0.15, 0.2) is 22.5 Å². The van der Waals surface area contributed by atoms with Crippen molar-refractivity contribution in [3.63, 3.8) is 0 Å². The number of carbonyl (C=O) groups is 1. The average molecular weight is 313 g/mol. The van der Waals surface area contributed by atoms with Gasteiger partial charge in [0, 0.05) is 11.3 Å². The summed E-state index contributed by atoms with van der Waals surface area (Å²) < 4.78 is 19.0. The molecule has 20 heavy (non-hydrogen) atoms. The Morgan fingerprint density at radius 3 is 2.90 bits per heavy atom. The first-order chi connectivity index (χ1) is 9.51. The van der Waals surface area contributed by atoms with Crippen LogP contribution in [0.5, 0.6) is 5.75 Å². The third-order valence-corrected chi connectivity index (χ3v) is 4.90. The molecule has 4 nitrogen and oxygen atoms in total. The Bertz CT molecular complexity index is 643. The Morgan fingerprint density at radius 2 is 2.30 bits per heavy atom. The Hall–Kier alpha value is -1.60. The largest absolute Gasteiger partial charge is 0.496 e. The van der Waals surface area contributed by atoms with Crippen LogP contribution in [-0.4, -0.2) is 23.2 Å². The van der Waals surface area contributed by atoms with Gasteiger partial charge in [0.1, 0.15) is 16.4 Å². The molecule has 0 atom stereocenters. The summed E-state index contributed by atoms with van der Waals surface area (Å²) in [6.45, 7) is 1.66. The van der Waals surface area contributed by atoms with Crippen LogP contribution < -0.4 is 4.74 Å². The molecule has 0 amide bonds. The Balaban J connectivity index is 2.14. The molecule has 0 spiro atoms. The first-order valence-corrected chi connectivity index (χ1v) is 7.47. The Morgan fingerprint density at radius 1 is 1.55 bits per heavy atom. The molecule has 0 unspecified atom stereocenters. The molecular formula is C13H12FNO3S2. The summed E-state index contributed by atoms with van der Waals surface area (Å²) in [6, 6.07) is 4.31. The molecule has 1 heterocycles. The summed E-state index contributed by atoms with van der Waals surface area (Å²) in [4.78, 5) is 15.4. The number of carboxylic acid groups (broad SMARTS) is 1. The number of aromatic nitrogens is 1. The molecule has 1 N–H and O–H groups in total. The molecule has 2 rings (SSSR count). The molecular weight excluding hydrogens is 301 g/mol. The number of halogens is 1. The first kappa shape index (κ1) is 14.8. The van der Waals surface area contributed by atoms with Gasteiger partial charge in [-0.2, -0.15) is 0 Å². The Labute approximate surface area is 123 Å². The van der Waals surface area contributed by atoms with Gasteiger partial charge >= 0.3 is 5.97 Å². The van der Waals surface area contributed by atoms with E-state index in [2.05, 4.69) is 4.98 Å². The summed E-state index contributed by atoms with van der Waals surface area (Å²) in [7, 11) is 1.53. The van der Waals surface area contributed by atoms with E-state index in [-0.39, 0.29) is 10.7 Å². The van der Waals surface area contributed by atoms with Gasteiger partial charge in [0.05, 0.1) is 12.8 Å². The van der Waals surface area contributed by atoms with Crippen molar-refractivity contribution in [2.45, 2.75) is 17.0 Å². The molecule has 0 fully saturated rings. The lowest BCUT2D eigenvalue weighted by atomic mass is 10.2. The highest BCUT2D eigenvalue weighted by Crippen LogP contribution is 2.32. The second-order valence-corrected chi connectivity index (χ2v) is 6.17. The third-order valence-electron chi connectivity index (χ3n) is 2.56. The number of thiazole rings is 1. The topological polar surface area (TPSA) is 59.4 Å². The van der Waals surface area contributed by atoms with Crippen molar-refractivity contribution in [2.75, 3.05) is 7.11 Å². The second-order valence-electron chi connectivity index (χ2n) is 3.94. The summed E-state index contributed by atoms with van der Waals surface area (Å²) >= 11 is 2.48. The summed E-state index contributed by atoms with van der Waals surface area (Å²) in [5, 5.41) is 8.97. The second kappa shape index (κ2) is 6.23. The van der Waals surface area contributed by atoms with E-state index in [0.717, 1.165) is 11.3 Å². The van der Waals surface area contributed by atoms with Crippen LogP contribution in [0.2, 0.25) is 0 Å². The van der Waals surface area contributed by atoms with Gasteiger partial charge in [-0.25, -0.2) is 14.2 Å². The molecule has 7 heteroatoms. The molecule has 106 valence electrons. The SMILES string of the molecule is COc1ccc(F)cc1CSc1nc(C)c(C(=O)O)s1. The van der Waals surface area contributed by atoms with E-state index in [1.807, 2.05) is 0 Å². The maximum Gasteiger partial charge on any atom is 0.347 e. The number of aryl methyl sites for hydroxylation is 1. The molecule has 0 saturated heterocycles. The maximum absolute atomic E-state index is 13.2. The lowest BCUT2D eigenvalue weighted by molar-refractivity contribution is 0.0701. The van der Waals surface area contributed by atoms with Gasteiger partial charge in [-0.1, -0.05) is 11.8 Å². The number of nitrogens with zero attached hydrogens (tertiary/aromatic N) is 1. The van der Waals surface area contributed by atoms with E-state index >= 15 is 0 Å². The van der Waals surface area contributed by atoms with Gasteiger partial charge in [0.25, 0.3) is 0 Å². The summed E-state index contributed by atoms with van der Waals surface area (Å²) in [6.07, 6.45) is 0. The van der Waals surface area contributed by atoms with Gasteiger partial charge in [-0.05, 0) is 25.1 Å². The number of hydrogen-bond donors (Lipinski definition) is 1. The van der Waals surface area contributed by atoms with Crippen LogP contribution in [0, 0.1) is 12.7 Å². The molecule has 1 aromatic heterocycles. The number of rotatable bonds is 5. The summed E-state index contributed by atoms with van der Waals surface area (Å²) in [5.41, 5.74) is 1.21. The van der Waals surface area contributed by atoms with Crippen LogP contribution >= 0.6 is 23.1 Å².